The molecule has 0 spiro atoms. The molecule has 0 aliphatic carbocycles. The normalized spacial score (nSPS) is 26.1. The van der Waals surface area contributed by atoms with Gasteiger partial charge in [-0.15, -0.1) is 12.4 Å². The topological polar surface area (TPSA) is 32.3 Å². The molecule has 0 radical (unpaired) electrons. The van der Waals surface area contributed by atoms with Crippen molar-refractivity contribution in [3.8, 4) is 0 Å². The van der Waals surface area contributed by atoms with Crippen LogP contribution < -0.4 is 5.32 Å². The molecule has 2 fully saturated rings. The van der Waals surface area contributed by atoms with Crippen LogP contribution >= 0.6 is 12.4 Å². The van der Waals surface area contributed by atoms with E-state index in [1.54, 1.807) is 0 Å². The SMILES string of the molecule is Cc1ccc(C2C(C)CCCN2C(=O)C(C)C2CNC2)cc1.Cl. The maximum absolute atomic E-state index is 13.0. The van der Waals surface area contributed by atoms with Gasteiger partial charge in [-0.3, -0.25) is 4.79 Å². The number of carbonyl (C=O) groups is 1. The van der Waals surface area contributed by atoms with Crippen LogP contribution in [-0.4, -0.2) is 30.4 Å². The van der Waals surface area contributed by atoms with E-state index in [9.17, 15) is 4.79 Å². The monoisotopic (exact) mass is 336 g/mol. The number of nitrogens with zero attached hydrogens (tertiary/aromatic N) is 1. The van der Waals surface area contributed by atoms with Gasteiger partial charge in [0.1, 0.15) is 0 Å². The molecular formula is C19H29ClN2O. The standard InChI is InChI=1S/C19H28N2O.ClH/c1-13-6-8-16(9-7-13)18-14(2)5-4-10-21(18)19(22)15(3)17-11-20-12-17;/h6-9,14-15,17-18,20H,4-5,10-12H2,1-3H3;1H. The maximum atomic E-state index is 13.0. The lowest BCUT2D eigenvalue weighted by Gasteiger charge is -2.43. The van der Waals surface area contributed by atoms with E-state index >= 15 is 0 Å². The van der Waals surface area contributed by atoms with Crippen LogP contribution in [0.15, 0.2) is 24.3 Å². The summed E-state index contributed by atoms with van der Waals surface area (Å²) in [6, 6.07) is 8.99. The van der Waals surface area contributed by atoms with Crippen molar-refractivity contribution in [3.05, 3.63) is 35.4 Å². The molecule has 2 aliphatic heterocycles. The van der Waals surface area contributed by atoms with E-state index in [0.717, 1.165) is 26.1 Å². The number of carbonyl (C=O) groups excluding carboxylic acids is 1. The molecule has 1 aromatic carbocycles. The molecule has 1 amide bonds. The molecule has 1 N–H and O–H groups in total. The molecular weight excluding hydrogens is 308 g/mol. The third-order valence-corrected chi connectivity index (χ3v) is 5.54. The minimum Gasteiger partial charge on any atom is -0.335 e. The predicted molar refractivity (Wildman–Crippen MR) is 96.8 cm³/mol. The molecule has 3 atom stereocenters. The fraction of sp³-hybridized carbons (Fsp3) is 0.632. The molecule has 0 saturated carbocycles. The van der Waals surface area contributed by atoms with E-state index < -0.39 is 0 Å². The first-order chi connectivity index (χ1) is 10.6. The predicted octanol–water partition coefficient (Wildman–Crippen LogP) is 3.57. The highest BCUT2D eigenvalue weighted by atomic mass is 35.5. The summed E-state index contributed by atoms with van der Waals surface area (Å²) < 4.78 is 0. The van der Waals surface area contributed by atoms with Crippen molar-refractivity contribution in [2.45, 2.75) is 39.7 Å². The van der Waals surface area contributed by atoms with Crippen molar-refractivity contribution in [1.29, 1.82) is 0 Å². The molecule has 3 nitrogen and oxygen atoms in total. The molecule has 4 heteroatoms. The van der Waals surface area contributed by atoms with Crippen LogP contribution in [0.4, 0.5) is 0 Å². The smallest absolute Gasteiger partial charge is 0.226 e. The van der Waals surface area contributed by atoms with Crippen LogP contribution in [-0.2, 0) is 4.79 Å². The zero-order valence-electron chi connectivity index (χ0n) is 14.4. The van der Waals surface area contributed by atoms with Gasteiger partial charge in [-0.25, -0.2) is 0 Å². The van der Waals surface area contributed by atoms with Gasteiger partial charge >= 0.3 is 0 Å². The van der Waals surface area contributed by atoms with Crippen molar-refractivity contribution in [3.63, 3.8) is 0 Å². The molecule has 2 heterocycles. The fourth-order valence-corrected chi connectivity index (χ4v) is 3.83. The number of hydrogen-bond donors (Lipinski definition) is 1. The van der Waals surface area contributed by atoms with Crippen molar-refractivity contribution >= 4 is 18.3 Å². The fourth-order valence-electron chi connectivity index (χ4n) is 3.83. The average molecular weight is 337 g/mol. The van der Waals surface area contributed by atoms with Gasteiger partial charge in [-0.1, -0.05) is 43.7 Å². The first kappa shape index (κ1) is 18.3. The Kier molecular flexibility index (Phi) is 6.10. The minimum atomic E-state index is 0. The second-order valence-electron chi connectivity index (χ2n) is 7.21. The first-order valence-electron chi connectivity index (χ1n) is 8.65. The van der Waals surface area contributed by atoms with Gasteiger partial charge in [0, 0.05) is 12.5 Å². The van der Waals surface area contributed by atoms with Crippen LogP contribution in [0.25, 0.3) is 0 Å². The maximum Gasteiger partial charge on any atom is 0.226 e. The van der Waals surface area contributed by atoms with E-state index in [0.29, 0.717) is 17.7 Å². The number of likely N-dealkylation sites (tertiary alicyclic amines) is 1. The molecule has 2 saturated heterocycles. The van der Waals surface area contributed by atoms with Gasteiger partial charge in [0.15, 0.2) is 0 Å². The van der Waals surface area contributed by atoms with Crippen LogP contribution in [0.2, 0.25) is 0 Å². The summed E-state index contributed by atoms with van der Waals surface area (Å²) in [5.41, 5.74) is 2.57. The number of piperidine rings is 1. The zero-order valence-corrected chi connectivity index (χ0v) is 15.2. The van der Waals surface area contributed by atoms with Crippen molar-refractivity contribution < 1.29 is 4.79 Å². The van der Waals surface area contributed by atoms with Gasteiger partial charge in [0.25, 0.3) is 0 Å². The summed E-state index contributed by atoms with van der Waals surface area (Å²) in [7, 11) is 0. The van der Waals surface area contributed by atoms with E-state index in [1.165, 1.54) is 17.5 Å². The lowest BCUT2D eigenvalue weighted by Crippen LogP contribution is -2.52. The Labute approximate surface area is 146 Å². The zero-order chi connectivity index (χ0) is 15.7. The van der Waals surface area contributed by atoms with E-state index in [1.807, 2.05) is 0 Å². The number of aryl methyl sites for hydroxylation is 1. The number of nitrogens with one attached hydrogen (secondary N) is 1. The van der Waals surface area contributed by atoms with Crippen LogP contribution in [0.3, 0.4) is 0 Å². The van der Waals surface area contributed by atoms with E-state index in [4.69, 9.17) is 0 Å². The van der Waals surface area contributed by atoms with Gasteiger partial charge in [-0.2, -0.15) is 0 Å². The highest BCUT2D eigenvalue weighted by Gasteiger charge is 2.38. The van der Waals surface area contributed by atoms with Crippen molar-refractivity contribution in [2.24, 2.45) is 17.8 Å². The Morgan fingerprint density at radius 2 is 1.91 bits per heavy atom. The Morgan fingerprint density at radius 3 is 2.48 bits per heavy atom. The van der Waals surface area contributed by atoms with E-state index in [2.05, 4.69) is 55.3 Å². The summed E-state index contributed by atoms with van der Waals surface area (Å²) in [5.74, 6) is 1.54. The summed E-state index contributed by atoms with van der Waals surface area (Å²) in [4.78, 5) is 15.2. The summed E-state index contributed by atoms with van der Waals surface area (Å²) in [5, 5.41) is 3.29. The third-order valence-electron chi connectivity index (χ3n) is 5.54. The summed E-state index contributed by atoms with van der Waals surface area (Å²) in [6.07, 6.45) is 2.34. The molecule has 0 bridgehead atoms. The highest BCUT2D eigenvalue weighted by molar-refractivity contribution is 5.85. The van der Waals surface area contributed by atoms with Crippen LogP contribution in [0.5, 0.6) is 0 Å². The van der Waals surface area contributed by atoms with Crippen molar-refractivity contribution in [2.75, 3.05) is 19.6 Å². The second kappa shape index (κ2) is 7.67. The Hall–Kier alpha value is -1.06. The Morgan fingerprint density at radius 1 is 1.26 bits per heavy atom. The van der Waals surface area contributed by atoms with Gasteiger partial charge in [-0.05, 0) is 50.3 Å². The molecule has 3 unspecified atom stereocenters. The largest absolute Gasteiger partial charge is 0.335 e. The number of benzene rings is 1. The first-order valence-corrected chi connectivity index (χ1v) is 8.65. The number of rotatable bonds is 3. The number of halogens is 1. The number of amides is 1. The molecule has 128 valence electrons. The molecule has 2 aliphatic rings. The van der Waals surface area contributed by atoms with Gasteiger partial charge in [0.2, 0.25) is 5.91 Å². The third kappa shape index (κ3) is 3.72. The Bertz CT molecular complexity index is 527. The van der Waals surface area contributed by atoms with Crippen molar-refractivity contribution in [1.82, 2.24) is 10.2 Å². The summed E-state index contributed by atoms with van der Waals surface area (Å²) in [6.45, 7) is 9.41. The van der Waals surface area contributed by atoms with Crippen LogP contribution in [0, 0.1) is 24.7 Å². The quantitative estimate of drug-likeness (QED) is 0.915. The van der Waals surface area contributed by atoms with Gasteiger partial charge < -0.3 is 10.2 Å². The lowest BCUT2D eigenvalue weighted by atomic mass is 9.82. The highest BCUT2D eigenvalue weighted by Crippen LogP contribution is 2.37. The van der Waals surface area contributed by atoms with Crippen LogP contribution in [0.1, 0.15) is 43.9 Å². The average Bonchev–Trinajstić information content (AvgIpc) is 2.45. The molecule has 23 heavy (non-hydrogen) atoms. The lowest BCUT2D eigenvalue weighted by molar-refractivity contribution is -0.143. The second-order valence-corrected chi connectivity index (χ2v) is 7.21. The molecule has 0 aromatic heterocycles. The van der Waals surface area contributed by atoms with E-state index in [-0.39, 0.29) is 24.4 Å². The minimum absolute atomic E-state index is 0. The molecule has 1 aromatic rings. The molecule has 3 rings (SSSR count). The van der Waals surface area contributed by atoms with Gasteiger partial charge in [0.05, 0.1) is 6.04 Å². The number of hydrogen-bond acceptors (Lipinski definition) is 2. The Balaban J connectivity index is 0.00000192. The summed E-state index contributed by atoms with van der Waals surface area (Å²) >= 11 is 0.